The Hall–Kier alpha value is -2.41. The molecule has 0 unspecified atom stereocenters. The number of carbonyl (C=O) groups excluding carboxylic acids is 2. The van der Waals surface area contributed by atoms with E-state index in [0.717, 1.165) is 38.2 Å². The number of piperidine rings is 1. The summed E-state index contributed by atoms with van der Waals surface area (Å²) in [7, 11) is 0. The van der Waals surface area contributed by atoms with Crippen molar-refractivity contribution in [3.63, 3.8) is 0 Å². The highest BCUT2D eigenvalue weighted by Crippen LogP contribution is 2.33. The Labute approximate surface area is 204 Å². The van der Waals surface area contributed by atoms with Gasteiger partial charge in [-0.25, -0.2) is 0 Å². The highest BCUT2D eigenvalue weighted by atomic mass is 35.5. The number of amidine groups is 1. The third-order valence-electron chi connectivity index (χ3n) is 6.45. The molecule has 1 spiro atoms. The summed E-state index contributed by atoms with van der Waals surface area (Å²) in [4.78, 5) is 31.2. The van der Waals surface area contributed by atoms with E-state index in [0.29, 0.717) is 34.3 Å². The van der Waals surface area contributed by atoms with Crippen LogP contribution in [0, 0.1) is 6.92 Å². The van der Waals surface area contributed by atoms with Crippen LogP contribution >= 0.6 is 23.2 Å². The Balaban J connectivity index is 1.32. The summed E-state index contributed by atoms with van der Waals surface area (Å²) in [6, 6.07) is 11.4. The maximum Gasteiger partial charge on any atom is 0.253 e. The zero-order valence-corrected chi connectivity index (χ0v) is 20.4. The fraction of sp³-hybridized carbons (Fsp3) is 0.400. The Morgan fingerprint density at radius 2 is 1.97 bits per heavy atom. The lowest BCUT2D eigenvalue weighted by Gasteiger charge is -2.35. The number of anilines is 1. The van der Waals surface area contributed by atoms with E-state index in [2.05, 4.69) is 28.5 Å². The predicted molar refractivity (Wildman–Crippen MR) is 133 cm³/mol. The van der Waals surface area contributed by atoms with E-state index in [1.807, 2.05) is 18.2 Å². The van der Waals surface area contributed by atoms with E-state index >= 15 is 0 Å². The quantitative estimate of drug-likeness (QED) is 0.626. The van der Waals surface area contributed by atoms with Gasteiger partial charge in [0.05, 0.1) is 10.0 Å². The average Bonchev–Trinajstić information content (AvgIpc) is 3.08. The summed E-state index contributed by atoms with van der Waals surface area (Å²) in [5, 5.41) is 6.60. The molecule has 1 fully saturated rings. The number of likely N-dealkylation sites (tertiary alicyclic amines) is 1. The zero-order valence-electron chi connectivity index (χ0n) is 18.9. The molecule has 8 heteroatoms. The summed E-state index contributed by atoms with van der Waals surface area (Å²) >= 11 is 12.5. The fourth-order valence-corrected chi connectivity index (χ4v) is 4.96. The molecule has 0 radical (unpaired) electrons. The maximum atomic E-state index is 12.8. The van der Waals surface area contributed by atoms with Gasteiger partial charge in [0.15, 0.2) is 0 Å². The summed E-state index contributed by atoms with van der Waals surface area (Å²) < 4.78 is 0. The molecule has 2 heterocycles. The van der Waals surface area contributed by atoms with Crippen molar-refractivity contribution >= 4 is 46.5 Å². The topological polar surface area (TPSA) is 73.8 Å². The van der Waals surface area contributed by atoms with Crippen LogP contribution < -0.4 is 10.6 Å². The Morgan fingerprint density at radius 3 is 2.67 bits per heavy atom. The molecule has 0 saturated carbocycles. The van der Waals surface area contributed by atoms with Crippen molar-refractivity contribution in [2.45, 2.75) is 45.1 Å². The van der Waals surface area contributed by atoms with Crippen LogP contribution in [0.1, 0.15) is 42.9 Å². The number of halogens is 2. The number of rotatable bonds is 6. The molecular weight excluding hydrogens is 459 g/mol. The molecule has 1 saturated heterocycles. The van der Waals surface area contributed by atoms with Crippen LogP contribution in [0.2, 0.25) is 10.0 Å². The van der Waals surface area contributed by atoms with Gasteiger partial charge in [0.25, 0.3) is 5.91 Å². The van der Waals surface area contributed by atoms with E-state index in [-0.39, 0.29) is 11.8 Å². The van der Waals surface area contributed by atoms with E-state index in [1.54, 1.807) is 12.1 Å². The normalized spacial score (nSPS) is 17.7. The van der Waals surface area contributed by atoms with Crippen LogP contribution in [0.15, 0.2) is 41.4 Å². The molecule has 2 aliphatic heterocycles. The smallest absolute Gasteiger partial charge is 0.253 e. The second kappa shape index (κ2) is 9.84. The SMILES string of the molecule is CC(=O)Nc1ccc(CCCN2CCC3(CC2)N=C(c2cccc(Cl)c2Cl)NC3=O)c(C)c1. The van der Waals surface area contributed by atoms with Crippen LogP contribution in [0.4, 0.5) is 5.69 Å². The van der Waals surface area contributed by atoms with E-state index in [9.17, 15) is 9.59 Å². The van der Waals surface area contributed by atoms with Crippen LogP contribution in [-0.2, 0) is 16.0 Å². The predicted octanol–water partition coefficient (Wildman–Crippen LogP) is 4.60. The number of hydrogen-bond acceptors (Lipinski definition) is 4. The Bertz CT molecular complexity index is 1110. The molecule has 2 aliphatic rings. The summed E-state index contributed by atoms with van der Waals surface area (Å²) in [6.45, 7) is 6.22. The molecule has 0 bridgehead atoms. The van der Waals surface area contributed by atoms with Crippen molar-refractivity contribution in [3.05, 3.63) is 63.1 Å². The maximum absolute atomic E-state index is 12.8. The second-order valence-electron chi connectivity index (χ2n) is 8.82. The standard InChI is InChI=1S/C25H28Cl2N4O2/c1-16-15-19(28-17(2)32)9-8-18(16)5-4-12-31-13-10-25(11-14-31)24(33)29-23(30-25)20-6-3-7-21(26)22(20)27/h3,6-9,15H,4-5,10-14H2,1-2H3,(H,28,32)(H,29,30,33). The summed E-state index contributed by atoms with van der Waals surface area (Å²) in [5.41, 5.74) is 3.26. The van der Waals surface area contributed by atoms with Crippen molar-refractivity contribution < 1.29 is 9.59 Å². The number of nitrogens with zero attached hydrogens (tertiary/aromatic N) is 2. The summed E-state index contributed by atoms with van der Waals surface area (Å²) in [6.07, 6.45) is 3.38. The van der Waals surface area contributed by atoms with Crippen molar-refractivity contribution in [1.29, 1.82) is 0 Å². The van der Waals surface area contributed by atoms with Crippen molar-refractivity contribution in [2.24, 2.45) is 4.99 Å². The largest absolute Gasteiger partial charge is 0.326 e. The molecule has 0 atom stereocenters. The Morgan fingerprint density at radius 1 is 1.21 bits per heavy atom. The van der Waals surface area contributed by atoms with Gasteiger partial charge in [-0.2, -0.15) is 0 Å². The lowest BCUT2D eigenvalue weighted by Crippen LogP contribution is -2.49. The van der Waals surface area contributed by atoms with Crippen molar-refractivity contribution in [1.82, 2.24) is 10.2 Å². The lowest BCUT2D eigenvalue weighted by atomic mass is 9.88. The van der Waals surface area contributed by atoms with Gasteiger partial charge in [-0.05, 0) is 74.5 Å². The first-order chi connectivity index (χ1) is 15.8. The zero-order chi connectivity index (χ0) is 23.6. The van der Waals surface area contributed by atoms with Crippen LogP contribution in [0.25, 0.3) is 0 Å². The highest BCUT2D eigenvalue weighted by molar-refractivity contribution is 6.44. The third kappa shape index (κ3) is 5.24. The number of carbonyl (C=O) groups is 2. The fourth-order valence-electron chi connectivity index (χ4n) is 4.57. The Kier molecular flexibility index (Phi) is 7.07. The van der Waals surface area contributed by atoms with Gasteiger partial charge in [-0.3, -0.25) is 14.6 Å². The van der Waals surface area contributed by atoms with Crippen LogP contribution in [0.5, 0.6) is 0 Å². The number of aryl methyl sites for hydroxylation is 2. The second-order valence-corrected chi connectivity index (χ2v) is 9.60. The number of amides is 2. The monoisotopic (exact) mass is 486 g/mol. The summed E-state index contributed by atoms with van der Waals surface area (Å²) in [5.74, 6) is 0.398. The van der Waals surface area contributed by atoms with Crippen LogP contribution in [-0.4, -0.2) is 47.7 Å². The highest BCUT2D eigenvalue weighted by Gasteiger charge is 2.46. The molecule has 6 nitrogen and oxygen atoms in total. The van der Waals surface area contributed by atoms with E-state index in [1.165, 1.54) is 18.1 Å². The van der Waals surface area contributed by atoms with E-state index in [4.69, 9.17) is 28.2 Å². The molecule has 4 rings (SSSR count). The minimum Gasteiger partial charge on any atom is -0.326 e. The number of benzene rings is 2. The first-order valence-corrected chi connectivity index (χ1v) is 12.0. The third-order valence-corrected chi connectivity index (χ3v) is 7.27. The van der Waals surface area contributed by atoms with Gasteiger partial charge in [-0.15, -0.1) is 0 Å². The van der Waals surface area contributed by atoms with Crippen molar-refractivity contribution in [2.75, 3.05) is 25.0 Å². The lowest BCUT2D eigenvalue weighted by molar-refractivity contribution is -0.125. The molecule has 2 aromatic carbocycles. The molecule has 2 aromatic rings. The van der Waals surface area contributed by atoms with Gasteiger partial charge in [0, 0.05) is 31.3 Å². The molecule has 2 amide bonds. The van der Waals surface area contributed by atoms with Crippen LogP contribution in [0.3, 0.4) is 0 Å². The van der Waals surface area contributed by atoms with E-state index < -0.39 is 5.54 Å². The molecule has 174 valence electrons. The number of nitrogens with one attached hydrogen (secondary N) is 2. The first kappa shape index (κ1) is 23.7. The van der Waals surface area contributed by atoms with Gasteiger partial charge in [0.2, 0.25) is 5.91 Å². The van der Waals surface area contributed by atoms with Crippen molar-refractivity contribution in [3.8, 4) is 0 Å². The van der Waals surface area contributed by atoms with Gasteiger partial charge >= 0.3 is 0 Å². The molecule has 0 aromatic heterocycles. The number of aliphatic imine (C=N–C) groups is 1. The first-order valence-electron chi connectivity index (χ1n) is 11.2. The molecular formula is C25H28Cl2N4O2. The van der Waals surface area contributed by atoms with Gasteiger partial charge < -0.3 is 15.5 Å². The average molecular weight is 487 g/mol. The van der Waals surface area contributed by atoms with Gasteiger partial charge in [0.1, 0.15) is 11.4 Å². The minimum absolute atomic E-state index is 0.0527. The molecule has 2 N–H and O–H groups in total. The molecule has 33 heavy (non-hydrogen) atoms. The number of hydrogen-bond donors (Lipinski definition) is 2. The minimum atomic E-state index is -0.715. The van der Waals surface area contributed by atoms with Gasteiger partial charge in [-0.1, -0.05) is 35.3 Å². The molecule has 0 aliphatic carbocycles.